The van der Waals surface area contributed by atoms with Gasteiger partial charge in [0.05, 0.1) is 49.8 Å². The molecule has 15 nitrogen and oxygen atoms in total. The summed E-state index contributed by atoms with van der Waals surface area (Å²) in [5.74, 6) is -6.06. The van der Waals surface area contributed by atoms with E-state index in [-0.39, 0.29) is 36.4 Å². The molecular weight excluding hydrogens is 778 g/mol. The Balaban J connectivity index is 1.99. The molecule has 18 atom stereocenters. The van der Waals surface area contributed by atoms with E-state index in [4.69, 9.17) is 38.9 Å². The summed E-state index contributed by atoms with van der Waals surface area (Å²) in [6.45, 7) is 18.0. The molecule has 3 aliphatic rings. The van der Waals surface area contributed by atoms with E-state index in [1.807, 2.05) is 47.6 Å². The summed E-state index contributed by atoms with van der Waals surface area (Å²) in [5, 5.41) is 57.6. The standard InChI is InChI=1S/C45H73NO14/c1-13-15-33-27(6)36(57-37-21-32(47)42(31(10)56-37)59-44(46)52)22-45(53,60-33)30(9)40(50)29(8)41-34(54-11)17-14-16-23(2)18-25(4)38(48)28(7)39(49)26(5)19-24(3)20-35(55-12)43(51)58-41/h13-17,19-20,25-34,36-42,47-50,53H,18,21-22H2,1-12H3,(H2,46,52)/b15-13+,17-14?,23-16+,24-19+,35-20-/t25-,26-,27-,28?,29+,30+,31-,32-,33-,34+,36-,37+,38-,39+,40-,41-,42-,45-/m0/s1. The number of methoxy groups -OCH3 is 2. The lowest BCUT2D eigenvalue weighted by molar-refractivity contribution is -0.338. The highest BCUT2D eigenvalue weighted by Crippen LogP contribution is 2.42. The fourth-order valence-electron chi connectivity index (χ4n) is 8.64. The average Bonchev–Trinajstić information content (AvgIpc) is 3.18. The number of carbonyl (C=O) groups excluding carboxylic acids is 2. The van der Waals surface area contributed by atoms with Crippen LogP contribution in [0.1, 0.15) is 88.5 Å². The summed E-state index contributed by atoms with van der Waals surface area (Å²) in [6.07, 6.45) is 1.54. The molecule has 60 heavy (non-hydrogen) atoms. The average molecular weight is 852 g/mol. The predicted molar refractivity (Wildman–Crippen MR) is 224 cm³/mol. The first kappa shape index (κ1) is 51.2. The van der Waals surface area contributed by atoms with Gasteiger partial charge in [-0.25, -0.2) is 9.59 Å². The Labute approximate surface area is 356 Å². The van der Waals surface area contributed by atoms with Crippen molar-refractivity contribution in [3.63, 3.8) is 0 Å². The minimum atomic E-state index is -1.97. The first-order valence-electron chi connectivity index (χ1n) is 21.1. The molecule has 3 rings (SSSR count). The molecule has 7 N–H and O–H groups in total. The molecule has 0 aromatic carbocycles. The molecule has 1 amide bonds. The maximum Gasteiger partial charge on any atom is 0.404 e. The molecule has 2 fully saturated rings. The van der Waals surface area contributed by atoms with Gasteiger partial charge in [-0.05, 0) is 46.1 Å². The zero-order chi connectivity index (χ0) is 45.2. The number of hydrogen-bond acceptors (Lipinski definition) is 14. The molecule has 3 heterocycles. The van der Waals surface area contributed by atoms with E-state index in [2.05, 4.69) is 0 Å². The van der Waals surface area contributed by atoms with Gasteiger partial charge in [-0.3, -0.25) is 0 Å². The van der Waals surface area contributed by atoms with Crippen LogP contribution in [0.25, 0.3) is 0 Å². The molecule has 0 saturated carbocycles. The second-order valence-electron chi connectivity index (χ2n) is 17.3. The van der Waals surface area contributed by atoms with E-state index in [9.17, 15) is 35.1 Å². The van der Waals surface area contributed by atoms with Crippen molar-refractivity contribution in [3.8, 4) is 0 Å². The van der Waals surface area contributed by atoms with Gasteiger partial charge >= 0.3 is 12.1 Å². The van der Waals surface area contributed by atoms with Crippen molar-refractivity contribution in [1.29, 1.82) is 0 Å². The highest BCUT2D eigenvalue weighted by Gasteiger charge is 2.52. The van der Waals surface area contributed by atoms with Gasteiger partial charge in [-0.2, -0.15) is 0 Å². The SMILES string of the molecule is C/C=C/[C@@H]1O[C@](O)([C@H](C)[C@@H](O)[C@@H](C)[C@@H]2OC(=O)/C(OC)=C/C(C)=C/[C@H](C)[C@@H](O)C(C)[C@@H](O)[C@@H](C)C/C(C)=C/C=C[C@H]2OC)C[C@H](O[C@@H]2C[C@H](O)[C@@H](OC(N)=O)[C@H](C)O2)[C@H]1C. The summed E-state index contributed by atoms with van der Waals surface area (Å²) in [6, 6.07) is 0. The van der Waals surface area contributed by atoms with Crippen LogP contribution in [-0.2, 0) is 38.0 Å². The Kier molecular flexibility index (Phi) is 19.5. The number of esters is 1. The fourth-order valence-corrected chi connectivity index (χ4v) is 8.64. The van der Waals surface area contributed by atoms with Crippen LogP contribution in [0, 0.1) is 35.5 Å². The van der Waals surface area contributed by atoms with Crippen molar-refractivity contribution < 1.29 is 68.3 Å². The number of amides is 1. The Morgan fingerprint density at radius 2 is 1.72 bits per heavy atom. The number of carbonyl (C=O) groups is 2. The Morgan fingerprint density at radius 3 is 2.30 bits per heavy atom. The highest BCUT2D eigenvalue weighted by molar-refractivity contribution is 5.87. The number of ether oxygens (including phenoxy) is 7. The number of nitrogens with two attached hydrogens (primary N) is 1. The van der Waals surface area contributed by atoms with Crippen LogP contribution in [0.2, 0.25) is 0 Å². The molecule has 15 heteroatoms. The topological polar surface area (TPSA) is 226 Å². The van der Waals surface area contributed by atoms with Crippen LogP contribution in [0.3, 0.4) is 0 Å². The van der Waals surface area contributed by atoms with Crippen LogP contribution >= 0.6 is 0 Å². The lowest BCUT2D eigenvalue weighted by Gasteiger charge is -2.49. The van der Waals surface area contributed by atoms with Gasteiger partial charge in [0.2, 0.25) is 5.76 Å². The lowest BCUT2D eigenvalue weighted by atomic mass is 9.77. The number of aliphatic hydroxyl groups is 5. The van der Waals surface area contributed by atoms with E-state index in [1.54, 1.807) is 58.1 Å². The number of cyclic esters (lactones) is 1. The number of primary amides is 1. The maximum atomic E-state index is 13.9. The quantitative estimate of drug-likeness (QED) is 0.131. The molecule has 0 bridgehead atoms. The van der Waals surface area contributed by atoms with Gasteiger partial charge in [0.1, 0.15) is 12.2 Å². The molecule has 0 aliphatic carbocycles. The Bertz CT molecular complexity index is 1550. The van der Waals surface area contributed by atoms with E-state index < -0.39 is 103 Å². The van der Waals surface area contributed by atoms with Crippen molar-refractivity contribution in [2.75, 3.05) is 14.2 Å². The number of allylic oxidation sites excluding steroid dienone is 6. The maximum absolute atomic E-state index is 13.9. The van der Waals surface area contributed by atoms with Crippen LogP contribution in [-0.4, -0.2) is 125 Å². The van der Waals surface area contributed by atoms with Gasteiger partial charge < -0.3 is 64.4 Å². The summed E-state index contributed by atoms with van der Waals surface area (Å²) >= 11 is 0. The smallest absolute Gasteiger partial charge is 0.404 e. The van der Waals surface area contributed by atoms with Gasteiger partial charge in [0.25, 0.3) is 0 Å². The van der Waals surface area contributed by atoms with Crippen LogP contribution < -0.4 is 5.73 Å². The zero-order valence-corrected chi connectivity index (χ0v) is 37.5. The first-order chi connectivity index (χ1) is 28.1. The van der Waals surface area contributed by atoms with E-state index in [1.165, 1.54) is 20.3 Å². The summed E-state index contributed by atoms with van der Waals surface area (Å²) < 4.78 is 41.3. The molecule has 342 valence electrons. The minimum absolute atomic E-state index is 0.0314. The number of rotatable bonds is 10. The van der Waals surface area contributed by atoms with Gasteiger partial charge in [-0.1, -0.05) is 89.1 Å². The lowest BCUT2D eigenvalue weighted by Crippen LogP contribution is -2.59. The largest absolute Gasteiger partial charge is 0.490 e. The second-order valence-corrected chi connectivity index (χ2v) is 17.3. The molecule has 0 aromatic rings. The normalized spacial score (nSPS) is 42.1. The molecule has 1 unspecified atom stereocenters. The van der Waals surface area contributed by atoms with Crippen LogP contribution in [0.5, 0.6) is 0 Å². The van der Waals surface area contributed by atoms with E-state index in [0.29, 0.717) is 12.0 Å². The fraction of sp³-hybridized carbons (Fsp3) is 0.733. The van der Waals surface area contributed by atoms with Crippen LogP contribution in [0.15, 0.2) is 59.4 Å². The summed E-state index contributed by atoms with van der Waals surface area (Å²) in [4.78, 5) is 25.3. The highest BCUT2D eigenvalue weighted by atomic mass is 16.7. The third-order valence-corrected chi connectivity index (χ3v) is 12.5. The molecule has 0 spiro atoms. The van der Waals surface area contributed by atoms with Crippen molar-refractivity contribution >= 4 is 12.1 Å². The first-order valence-corrected chi connectivity index (χ1v) is 21.1. The molecular formula is C45H73NO14. The van der Waals surface area contributed by atoms with Crippen molar-refractivity contribution in [2.24, 2.45) is 41.2 Å². The van der Waals surface area contributed by atoms with E-state index in [0.717, 1.165) is 5.57 Å². The van der Waals surface area contributed by atoms with Gasteiger partial charge in [0.15, 0.2) is 18.2 Å². The molecule has 3 aliphatic heterocycles. The third-order valence-electron chi connectivity index (χ3n) is 12.5. The number of aliphatic hydroxyl groups excluding tert-OH is 4. The third kappa shape index (κ3) is 13.2. The van der Waals surface area contributed by atoms with Gasteiger partial charge in [-0.15, -0.1) is 0 Å². The van der Waals surface area contributed by atoms with Crippen LogP contribution in [0.4, 0.5) is 4.79 Å². The van der Waals surface area contributed by atoms with E-state index >= 15 is 0 Å². The summed E-state index contributed by atoms with van der Waals surface area (Å²) in [5.41, 5.74) is 6.76. The summed E-state index contributed by atoms with van der Waals surface area (Å²) in [7, 11) is 2.80. The van der Waals surface area contributed by atoms with Crippen molar-refractivity contribution in [3.05, 3.63) is 59.4 Å². The Morgan fingerprint density at radius 1 is 1.05 bits per heavy atom. The second kappa shape index (κ2) is 22.8. The van der Waals surface area contributed by atoms with Crippen molar-refractivity contribution in [1.82, 2.24) is 0 Å². The molecule has 0 aromatic heterocycles. The predicted octanol–water partition coefficient (Wildman–Crippen LogP) is 4.59. The minimum Gasteiger partial charge on any atom is -0.490 e. The molecule has 0 radical (unpaired) electrons. The zero-order valence-electron chi connectivity index (χ0n) is 37.5. The monoisotopic (exact) mass is 852 g/mol. The Hall–Kier alpha value is -3.12. The van der Waals surface area contributed by atoms with Gasteiger partial charge in [0, 0.05) is 49.5 Å². The van der Waals surface area contributed by atoms with Crippen molar-refractivity contribution in [2.45, 2.75) is 162 Å². The number of hydrogen-bond donors (Lipinski definition) is 6. The molecule has 2 saturated heterocycles.